The van der Waals surface area contributed by atoms with E-state index in [1.165, 1.54) is 5.56 Å². The number of hydrogen-bond acceptors (Lipinski definition) is 2. The third kappa shape index (κ3) is 3.73. The van der Waals surface area contributed by atoms with Gasteiger partial charge in [0.15, 0.2) is 0 Å². The fourth-order valence-electron chi connectivity index (χ4n) is 2.14. The SMILES string of the molecule is CCc1ccc(C(C#N)=Cc2ccc(N(C)C)cc2)cc1. The van der Waals surface area contributed by atoms with E-state index in [0.29, 0.717) is 5.57 Å². The maximum absolute atomic E-state index is 9.38. The molecule has 0 fully saturated rings. The van der Waals surface area contributed by atoms with Crippen LogP contribution in [0.2, 0.25) is 0 Å². The van der Waals surface area contributed by atoms with Crippen molar-refractivity contribution in [3.63, 3.8) is 0 Å². The molecule has 0 aliphatic rings. The Kier molecular flexibility index (Phi) is 4.79. The van der Waals surface area contributed by atoms with Gasteiger partial charge in [0.1, 0.15) is 0 Å². The number of rotatable bonds is 4. The molecular weight excluding hydrogens is 256 g/mol. The van der Waals surface area contributed by atoms with E-state index in [-0.39, 0.29) is 0 Å². The van der Waals surface area contributed by atoms with Crippen LogP contribution in [-0.2, 0) is 6.42 Å². The summed E-state index contributed by atoms with van der Waals surface area (Å²) in [7, 11) is 4.03. The van der Waals surface area contributed by atoms with Crippen LogP contribution in [-0.4, -0.2) is 14.1 Å². The van der Waals surface area contributed by atoms with Gasteiger partial charge >= 0.3 is 0 Å². The van der Waals surface area contributed by atoms with E-state index in [0.717, 1.165) is 23.2 Å². The van der Waals surface area contributed by atoms with Crippen molar-refractivity contribution in [3.05, 3.63) is 65.2 Å². The number of nitrogens with zero attached hydrogens (tertiary/aromatic N) is 2. The highest BCUT2D eigenvalue weighted by Gasteiger charge is 2.02. The Morgan fingerprint density at radius 3 is 2.14 bits per heavy atom. The highest BCUT2D eigenvalue weighted by atomic mass is 15.1. The molecule has 0 N–H and O–H groups in total. The van der Waals surface area contributed by atoms with Gasteiger partial charge in [-0.3, -0.25) is 0 Å². The number of allylic oxidation sites excluding steroid dienone is 1. The van der Waals surface area contributed by atoms with Crippen molar-refractivity contribution in [1.29, 1.82) is 5.26 Å². The van der Waals surface area contributed by atoms with Gasteiger partial charge in [0.25, 0.3) is 0 Å². The third-order valence-electron chi connectivity index (χ3n) is 3.51. The first-order valence-corrected chi connectivity index (χ1v) is 7.12. The van der Waals surface area contributed by atoms with E-state index in [9.17, 15) is 5.26 Å². The Bertz CT molecular complexity index is 656. The molecule has 0 amide bonds. The van der Waals surface area contributed by atoms with Crippen LogP contribution < -0.4 is 4.90 Å². The molecule has 0 atom stereocenters. The summed E-state index contributed by atoms with van der Waals surface area (Å²) < 4.78 is 0. The van der Waals surface area contributed by atoms with Crippen molar-refractivity contribution >= 4 is 17.3 Å². The van der Waals surface area contributed by atoms with Crippen LogP contribution in [0.25, 0.3) is 11.6 Å². The van der Waals surface area contributed by atoms with E-state index in [2.05, 4.69) is 42.2 Å². The summed E-state index contributed by atoms with van der Waals surface area (Å²) in [6.07, 6.45) is 2.94. The van der Waals surface area contributed by atoms with Gasteiger partial charge in [-0.15, -0.1) is 0 Å². The highest BCUT2D eigenvalue weighted by Crippen LogP contribution is 2.20. The minimum absolute atomic E-state index is 0.690. The lowest BCUT2D eigenvalue weighted by Crippen LogP contribution is -2.07. The zero-order chi connectivity index (χ0) is 15.2. The average molecular weight is 276 g/mol. The third-order valence-corrected chi connectivity index (χ3v) is 3.51. The number of nitriles is 1. The summed E-state index contributed by atoms with van der Waals surface area (Å²) in [5.41, 5.74) is 5.13. The van der Waals surface area contributed by atoms with E-state index in [1.807, 2.05) is 44.4 Å². The van der Waals surface area contributed by atoms with Crippen molar-refractivity contribution < 1.29 is 0 Å². The quantitative estimate of drug-likeness (QED) is 0.612. The van der Waals surface area contributed by atoms with Gasteiger partial charge in [-0.1, -0.05) is 43.3 Å². The topological polar surface area (TPSA) is 27.0 Å². The maximum atomic E-state index is 9.38. The first-order valence-electron chi connectivity index (χ1n) is 7.12. The molecule has 2 nitrogen and oxygen atoms in total. The van der Waals surface area contributed by atoms with Gasteiger partial charge in [0.2, 0.25) is 0 Å². The van der Waals surface area contributed by atoms with E-state index in [4.69, 9.17) is 0 Å². The number of hydrogen-bond donors (Lipinski definition) is 0. The molecule has 0 spiro atoms. The van der Waals surface area contributed by atoms with Gasteiger partial charge < -0.3 is 4.90 Å². The Labute approximate surface area is 127 Å². The van der Waals surface area contributed by atoms with Gasteiger partial charge in [0, 0.05) is 19.8 Å². The van der Waals surface area contributed by atoms with Crippen molar-refractivity contribution in [3.8, 4) is 6.07 Å². The van der Waals surface area contributed by atoms with Crippen LogP contribution in [0.4, 0.5) is 5.69 Å². The first-order chi connectivity index (χ1) is 10.1. The summed E-state index contributed by atoms with van der Waals surface area (Å²) in [5, 5.41) is 9.38. The van der Waals surface area contributed by atoms with Gasteiger partial charge in [-0.25, -0.2) is 0 Å². The molecule has 0 aliphatic carbocycles. The van der Waals surface area contributed by atoms with E-state index < -0.39 is 0 Å². The molecule has 0 heterocycles. The molecule has 0 radical (unpaired) electrons. The zero-order valence-electron chi connectivity index (χ0n) is 12.8. The summed E-state index contributed by atoms with van der Waals surface area (Å²) in [5.74, 6) is 0. The highest BCUT2D eigenvalue weighted by molar-refractivity contribution is 5.89. The first kappa shape index (κ1) is 14.9. The molecule has 21 heavy (non-hydrogen) atoms. The lowest BCUT2D eigenvalue weighted by atomic mass is 10.0. The molecule has 106 valence electrons. The van der Waals surface area contributed by atoms with Gasteiger partial charge in [-0.2, -0.15) is 5.26 Å². The minimum Gasteiger partial charge on any atom is -0.378 e. The standard InChI is InChI=1S/C19H20N2/c1-4-15-5-9-17(10-6-15)18(14-20)13-16-7-11-19(12-8-16)21(2)3/h5-13H,4H2,1-3H3. The molecule has 2 rings (SSSR count). The smallest absolute Gasteiger partial charge is 0.0998 e. The molecule has 0 aliphatic heterocycles. The monoisotopic (exact) mass is 276 g/mol. The second-order valence-electron chi connectivity index (χ2n) is 5.21. The van der Waals surface area contributed by atoms with Gasteiger partial charge in [0.05, 0.1) is 11.6 Å². The molecule has 0 saturated carbocycles. The van der Waals surface area contributed by atoms with Crippen molar-refractivity contribution in [2.75, 3.05) is 19.0 Å². The van der Waals surface area contributed by atoms with Crippen LogP contribution in [0, 0.1) is 11.3 Å². The summed E-state index contributed by atoms with van der Waals surface area (Å²) >= 11 is 0. The molecule has 0 saturated heterocycles. The molecule has 0 bridgehead atoms. The second kappa shape index (κ2) is 6.76. The average Bonchev–Trinajstić information content (AvgIpc) is 2.53. The molecule has 2 heteroatoms. The predicted molar refractivity (Wildman–Crippen MR) is 90.1 cm³/mol. The predicted octanol–water partition coefficient (Wildman–Crippen LogP) is 4.38. The molecule has 0 unspecified atom stereocenters. The van der Waals surface area contributed by atoms with Crippen LogP contribution in [0.1, 0.15) is 23.6 Å². The van der Waals surface area contributed by atoms with E-state index >= 15 is 0 Å². The fraction of sp³-hybridized carbons (Fsp3) is 0.211. The van der Waals surface area contributed by atoms with Crippen molar-refractivity contribution in [2.45, 2.75) is 13.3 Å². The zero-order valence-corrected chi connectivity index (χ0v) is 12.8. The summed E-state index contributed by atoms with van der Waals surface area (Å²) in [4.78, 5) is 2.06. The van der Waals surface area contributed by atoms with Crippen LogP contribution in [0.3, 0.4) is 0 Å². The minimum atomic E-state index is 0.690. The van der Waals surface area contributed by atoms with Crippen molar-refractivity contribution in [2.24, 2.45) is 0 Å². The Morgan fingerprint density at radius 1 is 1.05 bits per heavy atom. The molecule has 0 aromatic heterocycles. The van der Waals surface area contributed by atoms with E-state index in [1.54, 1.807) is 0 Å². The number of benzene rings is 2. The number of aryl methyl sites for hydroxylation is 1. The lowest BCUT2D eigenvalue weighted by Gasteiger charge is -2.12. The maximum Gasteiger partial charge on any atom is 0.0998 e. The van der Waals surface area contributed by atoms with Crippen LogP contribution >= 0.6 is 0 Å². The Balaban J connectivity index is 2.29. The van der Waals surface area contributed by atoms with Gasteiger partial charge in [-0.05, 0) is 41.3 Å². The summed E-state index contributed by atoms with van der Waals surface area (Å²) in [6.45, 7) is 2.13. The molecule has 2 aromatic carbocycles. The lowest BCUT2D eigenvalue weighted by molar-refractivity contribution is 1.13. The molecule has 2 aromatic rings. The second-order valence-corrected chi connectivity index (χ2v) is 5.21. The van der Waals surface area contributed by atoms with Crippen LogP contribution in [0.15, 0.2) is 48.5 Å². The summed E-state index contributed by atoms with van der Waals surface area (Å²) in [6, 6.07) is 18.7. The fourth-order valence-corrected chi connectivity index (χ4v) is 2.14. The van der Waals surface area contributed by atoms with Crippen LogP contribution in [0.5, 0.6) is 0 Å². The normalized spacial score (nSPS) is 11.0. The largest absolute Gasteiger partial charge is 0.378 e. The number of anilines is 1. The molecular formula is C19H20N2. The Morgan fingerprint density at radius 2 is 1.67 bits per heavy atom. The van der Waals surface area contributed by atoms with Crippen molar-refractivity contribution in [1.82, 2.24) is 0 Å². The Hall–Kier alpha value is -2.53.